The van der Waals surface area contributed by atoms with Gasteiger partial charge in [0.15, 0.2) is 0 Å². The molecule has 4 nitrogen and oxygen atoms in total. The van der Waals surface area contributed by atoms with Gasteiger partial charge in [0.05, 0.1) is 0 Å². The number of amides is 1. The molecule has 0 saturated carbocycles. The molecule has 0 aromatic heterocycles. The second-order valence-corrected chi connectivity index (χ2v) is 5.55. The third-order valence-corrected chi connectivity index (χ3v) is 3.97. The van der Waals surface area contributed by atoms with Gasteiger partial charge in [0.2, 0.25) is 0 Å². The van der Waals surface area contributed by atoms with E-state index in [1.165, 1.54) is 0 Å². The van der Waals surface area contributed by atoms with Crippen molar-refractivity contribution in [2.45, 2.75) is 39.2 Å². The van der Waals surface area contributed by atoms with Gasteiger partial charge >= 0.3 is 0 Å². The normalized spacial score (nSPS) is 16.1. The van der Waals surface area contributed by atoms with Crippen LogP contribution in [0.2, 0.25) is 0 Å². The number of carbonyl (C=O) groups excluding carboxylic acids is 1. The van der Waals surface area contributed by atoms with Crippen molar-refractivity contribution in [1.29, 1.82) is 0 Å². The Morgan fingerprint density at radius 3 is 2.75 bits per heavy atom. The quantitative estimate of drug-likeness (QED) is 0.828. The molecule has 0 atom stereocenters. The summed E-state index contributed by atoms with van der Waals surface area (Å²) in [4.78, 5) is 14.9. The van der Waals surface area contributed by atoms with Crippen LogP contribution in [0.5, 0.6) is 0 Å². The highest BCUT2D eigenvalue weighted by molar-refractivity contribution is 5.96. The van der Waals surface area contributed by atoms with Crippen LogP contribution in [0.4, 0.5) is 5.69 Å². The number of aryl methyl sites for hydroxylation is 1. The Bertz CT molecular complexity index is 467. The van der Waals surface area contributed by atoms with Crippen LogP contribution in [0.15, 0.2) is 18.2 Å². The monoisotopic (exact) mass is 275 g/mol. The molecule has 3 N–H and O–H groups in total. The molecule has 0 bridgehead atoms. The maximum atomic E-state index is 12.9. The van der Waals surface area contributed by atoms with E-state index in [9.17, 15) is 4.79 Å². The Morgan fingerprint density at radius 1 is 1.40 bits per heavy atom. The van der Waals surface area contributed by atoms with Crippen LogP contribution in [0, 0.1) is 6.92 Å². The standard InChI is InChI=1S/C16H25N3O/c1-3-10-19(14-6-8-18-9-7-14)16(20)15-11-13(17)5-4-12(15)2/h4-5,11,14,18H,3,6-10,17H2,1-2H3. The average molecular weight is 275 g/mol. The lowest BCUT2D eigenvalue weighted by Crippen LogP contribution is -2.46. The summed E-state index contributed by atoms with van der Waals surface area (Å²) >= 11 is 0. The summed E-state index contributed by atoms with van der Waals surface area (Å²) in [7, 11) is 0. The molecule has 0 spiro atoms. The Morgan fingerprint density at radius 2 is 2.10 bits per heavy atom. The number of nitrogens with two attached hydrogens (primary N) is 1. The Balaban J connectivity index is 2.23. The fraction of sp³-hybridized carbons (Fsp3) is 0.562. The first kappa shape index (κ1) is 14.9. The second-order valence-electron chi connectivity index (χ2n) is 5.55. The fourth-order valence-corrected chi connectivity index (χ4v) is 2.83. The van der Waals surface area contributed by atoms with Crippen LogP contribution < -0.4 is 11.1 Å². The summed E-state index contributed by atoms with van der Waals surface area (Å²) in [6, 6.07) is 5.93. The van der Waals surface area contributed by atoms with Crippen LogP contribution in [-0.2, 0) is 0 Å². The number of rotatable bonds is 4. The second kappa shape index (κ2) is 6.75. The highest BCUT2D eigenvalue weighted by Crippen LogP contribution is 2.20. The minimum atomic E-state index is 0.128. The number of hydrogen-bond donors (Lipinski definition) is 2. The number of nitrogens with one attached hydrogen (secondary N) is 1. The first-order valence-corrected chi connectivity index (χ1v) is 7.51. The van der Waals surface area contributed by atoms with E-state index in [1.807, 2.05) is 24.0 Å². The highest BCUT2D eigenvalue weighted by Gasteiger charge is 2.26. The lowest BCUT2D eigenvalue weighted by Gasteiger charge is -2.35. The van der Waals surface area contributed by atoms with E-state index in [0.29, 0.717) is 11.7 Å². The molecule has 1 heterocycles. The third-order valence-electron chi connectivity index (χ3n) is 3.97. The summed E-state index contributed by atoms with van der Waals surface area (Å²) in [5, 5.41) is 3.35. The zero-order chi connectivity index (χ0) is 14.5. The van der Waals surface area contributed by atoms with Crippen molar-refractivity contribution in [3.8, 4) is 0 Å². The van der Waals surface area contributed by atoms with Gasteiger partial charge in [0, 0.05) is 23.8 Å². The molecule has 0 unspecified atom stereocenters. The van der Waals surface area contributed by atoms with E-state index in [4.69, 9.17) is 5.73 Å². The van der Waals surface area contributed by atoms with Crippen molar-refractivity contribution in [2.75, 3.05) is 25.4 Å². The van der Waals surface area contributed by atoms with Crippen molar-refractivity contribution in [1.82, 2.24) is 10.2 Å². The summed E-state index contributed by atoms with van der Waals surface area (Å²) in [6.45, 7) is 6.90. The SMILES string of the molecule is CCCN(C(=O)c1cc(N)ccc1C)C1CCNCC1. The molecule has 1 aliphatic rings. The van der Waals surface area contributed by atoms with E-state index < -0.39 is 0 Å². The van der Waals surface area contributed by atoms with Crippen molar-refractivity contribution in [2.24, 2.45) is 0 Å². The van der Waals surface area contributed by atoms with Crippen LogP contribution in [0.1, 0.15) is 42.1 Å². The van der Waals surface area contributed by atoms with Gasteiger partial charge in [-0.25, -0.2) is 0 Å². The zero-order valence-electron chi connectivity index (χ0n) is 12.5. The van der Waals surface area contributed by atoms with Gasteiger partial charge in [0.1, 0.15) is 0 Å². The molecule has 1 aromatic rings. The first-order valence-electron chi connectivity index (χ1n) is 7.51. The topological polar surface area (TPSA) is 58.4 Å². The predicted octanol–water partition coefficient (Wildman–Crippen LogP) is 2.18. The number of carbonyl (C=O) groups is 1. The van der Waals surface area contributed by atoms with E-state index in [-0.39, 0.29) is 5.91 Å². The lowest BCUT2D eigenvalue weighted by molar-refractivity contribution is 0.0642. The van der Waals surface area contributed by atoms with E-state index >= 15 is 0 Å². The summed E-state index contributed by atoms with van der Waals surface area (Å²) in [5.74, 6) is 0.128. The minimum Gasteiger partial charge on any atom is -0.399 e. The lowest BCUT2D eigenvalue weighted by atomic mass is 10.0. The molecule has 1 amide bonds. The Hall–Kier alpha value is -1.55. The molecule has 0 aliphatic carbocycles. The molecule has 1 aromatic carbocycles. The molecule has 1 fully saturated rings. The van der Waals surface area contributed by atoms with E-state index in [2.05, 4.69) is 12.2 Å². The van der Waals surface area contributed by atoms with E-state index in [0.717, 1.165) is 50.0 Å². The van der Waals surface area contributed by atoms with Crippen molar-refractivity contribution < 1.29 is 4.79 Å². The van der Waals surface area contributed by atoms with Crippen LogP contribution >= 0.6 is 0 Å². The number of benzene rings is 1. The minimum absolute atomic E-state index is 0.128. The highest BCUT2D eigenvalue weighted by atomic mass is 16.2. The van der Waals surface area contributed by atoms with Gasteiger partial charge in [-0.1, -0.05) is 13.0 Å². The molecular weight excluding hydrogens is 250 g/mol. The van der Waals surface area contributed by atoms with Crippen LogP contribution in [0.25, 0.3) is 0 Å². The maximum Gasteiger partial charge on any atom is 0.254 e. The van der Waals surface area contributed by atoms with Gasteiger partial charge < -0.3 is 16.0 Å². The number of nitrogen functional groups attached to an aromatic ring is 1. The first-order chi connectivity index (χ1) is 9.63. The molecule has 1 saturated heterocycles. The summed E-state index contributed by atoms with van der Waals surface area (Å²) < 4.78 is 0. The van der Waals surface area contributed by atoms with E-state index in [1.54, 1.807) is 6.07 Å². The van der Waals surface area contributed by atoms with Gasteiger partial charge in [-0.2, -0.15) is 0 Å². The smallest absolute Gasteiger partial charge is 0.254 e. The summed E-state index contributed by atoms with van der Waals surface area (Å²) in [5.41, 5.74) is 8.24. The number of anilines is 1. The van der Waals surface area contributed by atoms with Crippen LogP contribution in [-0.4, -0.2) is 36.5 Å². The van der Waals surface area contributed by atoms with Gasteiger partial charge in [-0.3, -0.25) is 4.79 Å². The van der Waals surface area contributed by atoms with Crippen molar-refractivity contribution >= 4 is 11.6 Å². The fourth-order valence-electron chi connectivity index (χ4n) is 2.83. The Labute approximate surface area is 121 Å². The van der Waals surface area contributed by atoms with Gasteiger partial charge in [-0.15, -0.1) is 0 Å². The maximum absolute atomic E-state index is 12.9. The Kier molecular flexibility index (Phi) is 5.01. The average Bonchev–Trinajstić information content (AvgIpc) is 2.47. The molecule has 1 aliphatic heterocycles. The predicted molar refractivity (Wildman–Crippen MR) is 82.8 cm³/mol. The van der Waals surface area contributed by atoms with Gasteiger partial charge in [0.25, 0.3) is 5.91 Å². The number of hydrogen-bond acceptors (Lipinski definition) is 3. The zero-order valence-corrected chi connectivity index (χ0v) is 12.5. The van der Waals surface area contributed by atoms with Crippen molar-refractivity contribution in [3.63, 3.8) is 0 Å². The number of nitrogens with zero attached hydrogens (tertiary/aromatic N) is 1. The van der Waals surface area contributed by atoms with Crippen molar-refractivity contribution in [3.05, 3.63) is 29.3 Å². The molecule has 2 rings (SSSR count). The molecule has 0 radical (unpaired) electrons. The molecule has 4 heteroatoms. The molecule has 20 heavy (non-hydrogen) atoms. The molecule has 110 valence electrons. The molecular formula is C16H25N3O. The van der Waals surface area contributed by atoms with Crippen LogP contribution in [0.3, 0.4) is 0 Å². The summed E-state index contributed by atoms with van der Waals surface area (Å²) in [6.07, 6.45) is 3.05. The third kappa shape index (κ3) is 3.31. The van der Waals surface area contributed by atoms with Gasteiger partial charge in [-0.05, 0) is 57.0 Å². The number of piperidine rings is 1. The largest absolute Gasteiger partial charge is 0.399 e.